The molecule has 7 heteroatoms. The number of ether oxygens (including phenoxy) is 1. The number of pyridine rings is 1. The summed E-state index contributed by atoms with van der Waals surface area (Å²) in [5.41, 5.74) is -0.589. The van der Waals surface area contributed by atoms with Gasteiger partial charge in [-0.15, -0.1) is 0 Å². The van der Waals surface area contributed by atoms with Crippen LogP contribution >= 0.6 is 0 Å². The maximum atomic E-state index is 12.4. The fourth-order valence-corrected chi connectivity index (χ4v) is 4.05. The predicted octanol–water partition coefficient (Wildman–Crippen LogP) is 2.25. The van der Waals surface area contributed by atoms with E-state index in [9.17, 15) is 13.2 Å². The third-order valence-corrected chi connectivity index (χ3v) is 5.24. The number of hydrogen-bond donors (Lipinski definition) is 0. The van der Waals surface area contributed by atoms with Gasteiger partial charge in [-0.3, -0.25) is 4.98 Å². The zero-order valence-electron chi connectivity index (χ0n) is 13.2. The van der Waals surface area contributed by atoms with Crippen molar-refractivity contribution in [3.63, 3.8) is 0 Å². The van der Waals surface area contributed by atoms with Crippen LogP contribution in [0.1, 0.15) is 33.6 Å². The van der Waals surface area contributed by atoms with Gasteiger partial charge >= 0.3 is 6.09 Å². The van der Waals surface area contributed by atoms with Crippen molar-refractivity contribution in [2.24, 2.45) is 0 Å². The molecule has 22 heavy (non-hydrogen) atoms. The summed E-state index contributed by atoms with van der Waals surface area (Å²) in [6.07, 6.45) is 3.92. The van der Waals surface area contributed by atoms with E-state index in [0.717, 1.165) is 6.42 Å². The molecule has 0 saturated carbocycles. The Labute approximate surface area is 131 Å². The van der Waals surface area contributed by atoms with Crippen LogP contribution in [0.15, 0.2) is 29.4 Å². The molecule has 1 unspecified atom stereocenters. The number of aromatic nitrogens is 1. The van der Waals surface area contributed by atoms with Gasteiger partial charge in [0.25, 0.3) is 0 Å². The average molecular weight is 326 g/mol. The van der Waals surface area contributed by atoms with Crippen molar-refractivity contribution in [1.29, 1.82) is 0 Å². The van der Waals surface area contributed by atoms with E-state index in [4.69, 9.17) is 4.74 Å². The monoisotopic (exact) mass is 326 g/mol. The van der Waals surface area contributed by atoms with Crippen LogP contribution in [0.2, 0.25) is 0 Å². The fraction of sp³-hybridized carbons (Fsp3) is 0.600. The zero-order chi connectivity index (χ0) is 16.4. The van der Waals surface area contributed by atoms with E-state index in [1.54, 1.807) is 20.8 Å². The van der Waals surface area contributed by atoms with Crippen LogP contribution in [0, 0.1) is 0 Å². The Bertz CT molecular complexity index is 623. The first-order chi connectivity index (χ1) is 10.2. The zero-order valence-corrected chi connectivity index (χ0v) is 14.0. The normalized spacial score (nSPS) is 19.2. The quantitative estimate of drug-likeness (QED) is 0.851. The van der Waals surface area contributed by atoms with Gasteiger partial charge in [-0.2, -0.15) is 0 Å². The molecule has 1 aliphatic rings. The lowest BCUT2D eigenvalue weighted by Gasteiger charge is -2.28. The van der Waals surface area contributed by atoms with Gasteiger partial charge < -0.3 is 9.64 Å². The van der Waals surface area contributed by atoms with Gasteiger partial charge in [-0.05, 0) is 45.7 Å². The maximum absolute atomic E-state index is 12.4. The number of nitrogens with zero attached hydrogens (tertiary/aromatic N) is 2. The minimum absolute atomic E-state index is 0.0870. The Kier molecular flexibility index (Phi) is 4.75. The predicted molar refractivity (Wildman–Crippen MR) is 82.3 cm³/mol. The van der Waals surface area contributed by atoms with Crippen LogP contribution in [0.4, 0.5) is 4.79 Å². The van der Waals surface area contributed by atoms with Gasteiger partial charge in [-0.1, -0.05) is 0 Å². The van der Waals surface area contributed by atoms with Crippen molar-refractivity contribution < 1.29 is 17.9 Å². The topological polar surface area (TPSA) is 76.6 Å². The van der Waals surface area contributed by atoms with Crippen molar-refractivity contribution in [2.45, 2.75) is 50.2 Å². The average Bonchev–Trinajstić information content (AvgIpc) is 2.85. The largest absolute Gasteiger partial charge is 0.444 e. The lowest BCUT2D eigenvalue weighted by molar-refractivity contribution is 0.0241. The summed E-state index contributed by atoms with van der Waals surface area (Å²) < 4.78 is 30.2. The lowest BCUT2D eigenvalue weighted by atomic mass is 10.2. The van der Waals surface area contributed by atoms with E-state index >= 15 is 0 Å². The van der Waals surface area contributed by atoms with E-state index < -0.39 is 21.5 Å². The smallest absolute Gasteiger partial charge is 0.410 e. The summed E-state index contributed by atoms with van der Waals surface area (Å²) in [7, 11) is -3.44. The summed E-state index contributed by atoms with van der Waals surface area (Å²) in [5, 5.41) is 0. The molecule has 2 rings (SSSR count). The Hall–Kier alpha value is -1.63. The van der Waals surface area contributed by atoms with Crippen LogP contribution in [0.5, 0.6) is 0 Å². The van der Waals surface area contributed by atoms with Gasteiger partial charge in [-0.25, -0.2) is 13.2 Å². The SMILES string of the molecule is CC(C)(C)OC(=O)N1CCCC1CS(=O)(=O)c1ccncc1. The molecule has 1 aliphatic heterocycles. The van der Waals surface area contributed by atoms with Gasteiger partial charge in [0, 0.05) is 25.0 Å². The molecule has 2 heterocycles. The third kappa shape index (κ3) is 4.19. The van der Waals surface area contributed by atoms with Crippen LogP contribution in [0.25, 0.3) is 0 Å². The molecule has 1 atom stereocenters. The van der Waals surface area contributed by atoms with Crippen molar-refractivity contribution in [2.75, 3.05) is 12.3 Å². The first-order valence-corrected chi connectivity index (χ1v) is 8.97. The number of likely N-dealkylation sites (tertiary alicyclic amines) is 1. The van der Waals surface area contributed by atoms with Crippen molar-refractivity contribution in [3.8, 4) is 0 Å². The number of hydrogen-bond acceptors (Lipinski definition) is 5. The highest BCUT2D eigenvalue weighted by Gasteiger charge is 2.35. The molecule has 0 aromatic carbocycles. The van der Waals surface area contributed by atoms with Crippen molar-refractivity contribution in [3.05, 3.63) is 24.5 Å². The number of rotatable bonds is 3. The highest BCUT2D eigenvalue weighted by Crippen LogP contribution is 2.24. The Morgan fingerprint density at radius 2 is 2.00 bits per heavy atom. The summed E-state index contributed by atoms with van der Waals surface area (Å²) >= 11 is 0. The molecular weight excluding hydrogens is 304 g/mol. The molecule has 0 spiro atoms. The molecule has 1 saturated heterocycles. The molecule has 1 fully saturated rings. The maximum Gasteiger partial charge on any atom is 0.410 e. The molecule has 0 N–H and O–H groups in total. The molecular formula is C15H22N2O4S. The summed E-state index contributed by atoms with van der Waals surface area (Å²) in [6.45, 7) is 5.92. The van der Waals surface area contributed by atoms with Crippen molar-refractivity contribution in [1.82, 2.24) is 9.88 Å². The number of carbonyl (C=O) groups is 1. The molecule has 0 radical (unpaired) electrons. The molecule has 122 valence electrons. The van der Waals surface area contributed by atoms with Crippen LogP contribution in [-0.2, 0) is 14.6 Å². The summed E-state index contributed by atoms with van der Waals surface area (Å²) in [6, 6.07) is 2.61. The van der Waals surface area contributed by atoms with Gasteiger partial charge in [0.05, 0.1) is 10.6 Å². The van der Waals surface area contributed by atoms with Crippen LogP contribution in [-0.4, -0.2) is 48.3 Å². The second kappa shape index (κ2) is 6.24. The van der Waals surface area contributed by atoms with E-state index in [1.807, 2.05) is 0 Å². The Morgan fingerprint density at radius 1 is 1.36 bits per heavy atom. The van der Waals surface area contributed by atoms with Gasteiger partial charge in [0.1, 0.15) is 5.60 Å². The molecule has 0 aliphatic carbocycles. The molecule has 1 amide bonds. The lowest BCUT2D eigenvalue weighted by Crippen LogP contribution is -2.42. The minimum Gasteiger partial charge on any atom is -0.444 e. The van der Waals surface area contributed by atoms with E-state index in [1.165, 1.54) is 29.4 Å². The summed E-state index contributed by atoms with van der Waals surface area (Å²) in [5.74, 6) is -0.0870. The van der Waals surface area contributed by atoms with E-state index in [-0.39, 0.29) is 16.7 Å². The molecule has 0 bridgehead atoms. The highest BCUT2D eigenvalue weighted by atomic mass is 32.2. The minimum atomic E-state index is -3.44. The first kappa shape index (κ1) is 16.7. The number of amides is 1. The molecule has 1 aromatic heterocycles. The highest BCUT2D eigenvalue weighted by molar-refractivity contribution is 7.91. The van der Waals surface area contributed by atoms with E-state index in [2.05, 4.69) is 4.98 Å². The third-order valence-electron chi connectivity index (χ3n) is 3.43. The molecule has 1 aromatic rings. The molecule has 6 nitrogen and oxygen atoms in total. The Morgan fingerprint density at radius 3 is 2.59 bits per heavy atom. The second-order valence-corrected chi connectivity index (χ2v) is 8.47. The fourth-order valence-electron chi connectivity index (χ4n) is 2.46. The Balaban J connectivity index is 2.10. The van der Waals surface area contributed by atoms with Gasteiger partial charge in [0.15, 0.2) is 9.84 Å². The number of sulfone groups is 1. The van der Waals surface area contributed by atoms with Crippen molar-refractivity contribution >= 4 is 15.9 Å². The van der Waals surface area contributed by atoms with Crippen LogP contribution < -0.4 is 0 Å². The van der Waals surface area contributed by atoms with Crippen LogP contribution in [0.3, 0.4) is 0 Å². The summed E-state index contributed by atoms with van der Waals surface area (Å²) in [4.78, 5) is 17.8. The van der Waals surface area contributed by atoms with E-state index in [0.29, 0.717) is 13.0 Å². The number of carbonyl (C=O) groups excluding carboxylic acids is 1. The first-order valence-electron chi connectivity index (χ1n) is 7.31. The second-order valence-electron chi connectivity index (χ2n) is 6.43. The standard InChI is InChI=1S/C15H22N2O4S/c1-15(2,3)21-14(18)17-10-4-5-12(17)11-22(19,20)13-6-8-16-9-7-13/h6-9,12H,4-5,10-11H2,1-3H3. The van der Waals surface area contributed by atoms with Gasteiger partial charge in [0.2, 0.25) is 0 Å².